The average molecular weight is 436 g/mol. The molecule has 0 radical (unpaired) electrons. The van der Waals surface area contributed by atoms with E-state index in [2.05, 4.69) is 10.3 Å². The fourth-order valence-corrected chi connectivity index (χ4v) is 4.20. The average Bonchev–Trinajstić information content (AvgIpc) is 2.63. The molecule has 146 valence electrons. The number of aromatic nitrogens is 2. The molecule has 1 unspecified atom stereocenters. The van der Waals surface area contributed by atoms with Gasteiger partial charge in [-0.1, -0.05) is 47.1 Å². The molecule has 8 heteroatoms. The Bertz CT molecular complexity index is 1100. The molecule has 0 fully saturated rings. The molecule has 0 spiro atoms. The van der Waals surface area contributed by atoms with Gasteiger partial charge in [0.15, 0.2) is 5.16 Å². The van der Waals surface area contributed by atoms with Gasteiger partial charge < -0.3 is 5.32 Å². The first-order chi connectivity index (χ1) is 13.3. The lowest BCUT2D eigenvalue weighted by atomic mass is 10.2. The minimum Gasteiger partial charge on any atom is -0.324 e. The lowest BCUT2D eigenvalue weighted by molar-refractivity contribution is -0.115. The van der Waals surface area contributed by atoms with Crippen molar-refractivity contribution >= 4 is 57.5 Å². The molecule has 3 aromatic rings. The Kier molecular flexibility index (Phi) is 6.33. The van der Waals surface area contributed by atoms with Gasteiger partial charge in [0.05, 0.1) is 26.9 Å². The second-order valence-corrected chi connectivity index (χ2v) is 8.71. The van der Waals surface area contributed by atoms with Crippen molar-refractivity contribution in [2.45, 2.75) is 37.2 Å². The molecule has 1 atom stereocenters. The minimum atomic E-state index is -0.496. The molecule has 2 aromatic carbocycles. The fraction of sp³-hybridized carbons (Fsp3) is 0.250. The summed E-state index contributed by atoms with van der Waals surface area (Å²) >= 11 is 13.3. The number of nitrogens with one attached hydrogen (secondary N) is 1. The molecule has 0 aliphatic rings. The third kappa shape index (κ3) is 4.35. The number of carbonyl (C=O) groups excluding carboxylic acids is 1. The Morgan fingerprint density at radius 1 is 1.14 bits per heavy atom. The molecule has 0 bridgehead atoms. The minimum absolute atomic E-state index is 0.0897. The Morgan fingerprint density at radius 2 is 1.86 bits per heavy atom. The van der Waals surface area contributed by atoms with Gasteiger partial charge in [0.25, 0.3) is 5.56 Å². The van der Waals surface area contributed by atoms with Gasteiger partial charge in [-0.05, 0) is 51.1 Å². The number of hydrogen-bond acceptors (Lipinski definition) is 4. The van der Waals surface area contributed by atoms with E-state index < -0.39 is 5.25 Å². The molecule has 0 aliphatic heterocycles. The van der Waals surface area contributed by atoms with Crippen LogP contribution in [0.2, 0.25) is 10.0 Å². The van der Waals surface area contributed by atoms with Gasteiger partial charge in [0.1, 0.15) is 0 Å². The molecule has 28 heavy (non-hydrogen) atoms. The SMILES string of the molecule is CC(Sc1nc2ccccc2c(=O)n1C(C)C)C(=O)Nc1ccc(Cl)cc1Cl. The molecule has 1 amide bonds. The van der Waals surface area contributed by atoms with E-state index in [1.54, 1.807) is 41.8 Å². The molecule has 0 saturated heterocycles. The van der Waals surface area contributed by atoms with Crippen LogP contribution in [0.1, 0.15) is 26.8 Å². The number of nitrogens with zero attached hydrogens (tertiary/aromatic N) is 2. The lowest BCUT2D eigenvalue weighted by Crippen LogP contribution is -2.28. The predicted molar refractivity (Wildman–Crippen MR) is 117 cm³/mol. The summed E-state index contributed by atoms with van der Waals surface area (Å²) in [5, 5.41) is 4.22. The standard InChI is InChI=1S/C20H19Cl2N3O2S/c1-11(2)25-19(27)14-6-4-5-7-16(14)24-20(25)28-12(3)18(26)23-17-9-8-13(21)10-15(17)22/h4-12H,1-3H3,(H,23,26). The summed E-state index contributed by atoms with van der Waals surface area (Å²) in [4.78, 5) is 30.2. The van der Waals surface area contributed by atoms with Crippen molar-refractivity contribution in [1.82, 2.24) is 9.55 Å². The number of thioether (sulfide) groups is 1. The van der Waals surface area contributed by atoms with E-state index in [0.29, 0.717) is 31.8 Å². The normalized spacial score (nSPS) is 12.4. The number of benzene rings is 2. The van der Waals surface area contributed by atoms with Crippen LogP contribution in [-0.2, 0) is 4.79 Å². The number of para-hydroxylation sites is 1. The van der Waals surface area contributed by atoms with Crippen LogP contribution >= 0.6 is 35.0 Å². The number of anilines is 1. The van der Waals surface area contributed by atoms with Crippen molar-refractivity contribution in [2.75, 3.05) is 5.32 Å². The van der Waals surface area contributed by atoms with E-state index in [0.717, 1.165) is 0 Å². The van der Waals surface area contributed by atoms with Crippen molar-refractivity contribution in [2.24, 2.45) is 0 Å². The Labute approximate surface area is 177 Å². The highest BCUT2D eigenvalue weighted by atomic mass is 35.5. The lowest BCUT2D eigenvalue weighted by Gasteiger charge is -2.18. The van der Waals surface area contributed by atoms with Crippen LogP contribution in [0.5, 0.6) is 0 Å². The molecular weight excluding hydrogens is 417 g/mol. The Hall–Kier alpha value is -2.02. The first-order valence-electron chi connectivity index (χ1n) is 8.71. The van der Waals surface area contributed by atoms with Crippen molar-refractivity contribution in [3.63, 3.8) is 0 Å². The summed E-state index contributed by atoms with van der Waals surface area (Å²) < 4.78 is 1.62. The van der Waals surface area contributed by atoms with E-state index in [1.165, 1.54) is 11.8 Å². The molecule has 0 aliphatic carbocycles. The Balaban J connectivity index is 1.89. The maximum absolute atomic E-state index is 12.9. The summed E-state index contributed by atoms with van der Waals surface area (Å²) in [6.07, 6.45) is 0. The van der Waals surface area contributed by atoms with Crippen molar-refractivity contribution in [3.05, 3.63) is 62.9 Å². The van der Waals surface area contributed by atoms with E-state index in [9.17, 15) is 9.59 Å². The van der Waals surface area contributed by atoms with Crippen molar-refractivity contribution in [1.29, 1.82) is 0 Å². The molecule has 1 N–H and O–H groups in total. The van der Waals surface area contributed by atoms with Crippen LogP contribution in [0.15, 0.2) is 52.4 Å². The summed E-state index contributed by atoms with van der Waals surface area (Å²) in [6.45, 7) is 5.59. The van der Waals surface area contributed by atoms with Crippen LogP contribution in [0, 0.1) is 0 Å². The quantitative estimate of drug-likeness (QED) is 0.430. The van der Waals surface area contributed by atoms with E-state index >= 15 is 0 Å². The molecule has 3 rings (SSSR count). The zero-order chi connectivity index (χ0) is 20.4. The topological polar surface area (TPSA) is 64.0 Å². The molecule has 1 aromatic heterocycles. The second kappa shape index (κ2) is 8.55. The number of amides is 1. The van der Waals surface area contributed by atoms with Crippen molar-refractivity contribution in [3.8, 4) is 0 Å². The monoisotopic (exact) mass is 435 g/mol. The highest BCUT2D eigenvalue weighted by molar-refractivity contribution is 8.00. The number of carbonyl (C=O) groups is 1. The van der Waals surface area contributed by atoms with Crippen LogP contribution < -0.4 is 10.9 Å². The van der Waals surface area contributed by atoms with Gasteiger partial charge in [0.2, 0.25) is 5.91 Å². The number of fused-ring (bicyclic) bond motifs is 1. The summed E-state index contributed by atoms with van der Waals surface area (Å²) in [5.74, 6) is -0.244. The summed E-state index contributed by atoms with van der Waals surface area (Å²) in [5.41, 5.74) is 0.980. The molecular formula is C20H19Cl2N3O2S. The van der Waals surface area contributed by atoms with Crippen LogP contribution in [-0.4, -0.2) is 20.7 Å². The van der Waals surface area contributed by atoms with Gasteiger partial charge in [-0.2, -0.15) is 0 Å². The third-order valence-electron chi connectivity index (χ3n) is 4.13. The molecule has 5 nitrogen and oxygen atoms in total. The van der Waals surface area contributed by atoms with Gasteiger partial charge in [0, 0.05) is 11.1 Å². The number of rotatable bonds is 5. The highest BCUT2D eigenvalue weighted by Gasteiger charge is 2.21. The van der Waals surface area contributed by atoms with Crippen LogP contribution in [0.25, 0.3) is 10.9 Å². The zero-order valence-electron chi connectivity index (χ0n) is 15.6. The maximum atomic E-state index is 12.9. The first-order valence-corrected chi connectivity index (χ1v) is 10.4. The second-order valence-electron chi connectivity index (χ2n) is 6.55. The largest absolute Gasteiger partial charge is 0.324 e. The van der Waals surface area contributed by atoms with Gasteiger partial charge >= 0.3 is 0 Å². The summed E-state index contributed by atoms with van der Waals surface area (Å²) in [6, 6.07) is 12.0. The number of hydrogen-bond donors (Lipinski definition) is 1. The van der Waals surface area contributed by atoms with Crippen molar-refractivity contribution < 1.29 is 4.79 Å². The fourth-order valence-electron chi connectivity index (χ4n) is 2.70. The molecule has 1 heterocycles. The summed E-state index contributed by atoms with van der Waals surface area (Å²) in [7, 11) is 0. The predicted octanol–water partition coefficient (Wildman–Crippen LogP) is 5.40. The smallest absolute Gasteiger partial charge is 0.262 e. The van der Waals surface area contributed by atoms with E-state index in [1.807, 2.05) is 26.0 Å². The Morgan fingerprint density at radius 3 is 2.54 bits per heavy atom. The van der Waals surface area contributed by atoms with Gasteiger partial charge in [-0.15, -0.1) is 0 Å². The van der Waals surface area contributed by atoms with Gasteiger partial charge in [-0.3, -0.25) is 14.2 Å². The maximum Gasteiger partial charge on any atom is 0.262 e. The van der Waals surface area contributed by atoms with E-state index in [4.69, 9.17) is 23.2 Å². The number of halogens is 2. The third-order valence-corrected chi connectivity index (χ3v) is 5.75. The van der Waals surface area contributed by atoms with Crippen LogP contribution in [0.4, 0.5) is 5.69 Å². The highest BCUT2D eigenvalue weighted by Crippen LogP contribution is 2.28. The van der Waals surface area contributed by atoms with E-state index in [-0.39, 0.29) is 17.5 Å². The first kappa shape index (κ1) is 20.7. The molecule has 0 saturated carbocycles. The zero-order valence-corrected chi connectivity index (χ0v) is 17.9. The van der Waals surface area contributed by atoms with Crippen LogP contribution in [0.3, 0.4) is 0 Å². The van der Waals surface area contributed by atoms with Gasteiger partial charge in [-0.25, -0.2) is 4.98 Å².